The fourth-order valence-electron chi connectivity index (χ4n) is 2.36. The number of anilines is 2. The van der Waals surface area contributed by atoms with Crippen molar-refractivity contribution in [1.82, 2.24) is 4.98 Å². The third-order valence-electron chi connectivity index (χ3n) is 3.65. The van der Waals surface area contributed by atoms with E-state index in [1.54, 1.807) is 0 Å². The first-order chi connectivity index (χ1) is 10.2. The first kappa shape index (κ1) is 13.5. The summed E-state index contributed by atoms with van der Waals surface area (Å²) in [4.78, 5) is 6.59. The average molecular weight is 281 g/mol. The highest BCUT2D eigenvalue weighted by Gasteiger charge is 2.10. The number of rotatable bonds is 4. The molecule has 0 aliphatic heterocycles. The Hall–Kier alpha value is -2.49. The van der Waals surface area contributed by atoms with Gasteiger partial charge in [-0.05, 0) is 36.2 Å². The molecule has 1 aromatic heterocycles. The number of nitrogen functional groups attached to an aromatic ring is 1. The maximum atomic E-state index is 5.91. The number of oxazole rings is 1. The Labute approximate surface area is 124 Å². The van der Waals surface area contributed by atoms with E-state index in [9.17, 15) is 0 Å². The molecule has 0 spiro atoms. The maximum Gasteiger partial charge on any atom is 0.215 e. The number of para-hydroxylation sites is 1. The lowest BCUT2D eigenvalue weighted by atomic mass is 10.1. The molecular formula is C17H19N3O. The number of aryl methyl sites for hydroxylation is 1. The second kappa shape index (κ2) is 5.48. The van der Waals surface area contributed by atoms with Crippen molar-refractivity contribution in [3.8, 4) is 0 Å². The molecule has 0 amide bonds. The minimum atomic E-state index is 0.611. The molecule has 0 fully saturated rings. The van der Waals surface area contributed by atoms with E-state index < -0.39 is 0 Å². The SMILES string of the molecule is CCc1ccc(N(C)Cc2nc3c(N)cccc3o2)cc1. The minimum absolute atomic E-state index is 0.611. The predicted octanol–water partition coefficient (Wildman–Crippen LogP) is 3.61. The van der Waals surface area contributed by atoms with Gasteiger partial charge in [0.1, 0.15) is 5.52 Å². The lowest BCUT2D eigenvalue weighted by molar-refractivity contribution is 0.527. The van der Waals surface area contributed by atoms with Gasteiger partial charge in [-0.25, -0.2) is 4.98 Å². The Bertz CT molecular complexity index is 746. The Morgan fingerprint density at radius 1 is 1.14 bits per heavy atom. The van der Waals surface area contributed by atoms with Crippen LogP contribution in [0.4, 0.5) is 11.4 Å². The fraction of sp³-hybridized carbons (Fsp3) is 0.235. The molecule has 0 saturated carbocycles. The van der Waals surface area contributed by atoms with Crippen molar-refractivity contribution in [3.63, 3.8) is 0 Å². The van der Waals surface area contributed by atoms with Crippen molar-refractivity contribution >= 4 is 22.5 Å². The van der Waals surface area contributed by atoms with Gasteiger partial charge in [0, 0.05) is 12.7 Å². The highest BCUT2D eigenvalue weighted by atomic mass is 16.3. The van der Waals surface area contributed by atoms with Crippen LogP contribution in [-0.2, 0) is 13.0 Å². The molecular weight excluding hydrogens is 262 g/mol. The van der Waals surface area contributed by atoms with Gasteiger partial charge in [-0.1, -0.05) is 25.1 Å². The summed E-state index contributed by atoms with van der Waals surface area (Å²) >= 11 is 0. The monoisotopic (exact) mass is 281 g/mol. The van der Waals surface area contributed by atoms with Crippen molar-refractivity contribution in [1.29, 1.82) is 0 Å². The van der Waals surface area contributed by atoms with Gasteiger partial charge in [0.2, 0.25) is 5.89 Å². The van der Waals surface area contributed by atoms with Crippen molar-refractivity contribution in [2.45, 2.75) is 19.9 Å². The van der Waals surface area contributed by atoms with Gasteiger partial charge >= 0.3 is 0 Å². The van der Waals surface area contributed by atoms with Crippen LogP contribution in [0.15, 0.2) is 46.9 Å². The topological polar surface area (TPSA) is 55.3 Å². The molecule has 3 aromatic rings. The van der Waals surface area contributed by atoms with E-state index in [2.05, 4.69) is 41.1 Å². The van der Waals surface area contributed by atoms with E-state index in [0.717, 1.165) is 23.2 Å². The van der Waals surface area contributed by atoms with Crippen molar-refractivity contribution in [3.05, 3.63) is 53.9 Å². The van der Waals surface area contributed by atoms with Crippen molar-refractivity contribution in [2.24, 2.45) is 0 Å². The van der Waals surface area contributed by atoms with Crippen LogP contribution in [0.2, 0.25) is 0 Å². The third kappa shape index (κ3) is 2.70. The Morgan fingerprint density at radius 3 is 2.57 bits per heavy atom. The molecule has 0 atom stereocenters. The molecule has 0 aliphatic rings. The zero-order valence-electron chi connectivity index (χ0n) is 12.3. The average Bonchev–Trinajstić information content (AvgIpc) is 2.91. The van der Waals surface area contributed by atoms with E-state index in [1.165, 1.54) is 5.56 Å². The quantitative estimate of drug-likeness (QED) is 0.742. The summed E-state index contributed by atoms with van der Waals surface area (Å²) in [6.45, 7) is 2.76. The van der Waals surface area contributed by atoms with Crippen LogP contribution in [0.5, 0.6) is 0 Å². The second-order valence-corrected chi connectivity index (χ2v) is 5.18. The van der Waals surface area contributed by atoms with Gasteiger partial charge in [0.25, 0.3) is 0 Å². The minimum Gasteiger partial charge on any atom is -0.439 e. The van der Waals surface area contributed by atoms with Gasteiger partial charge in [-0.2, -0.15) is 0 Å². The normalized spacial score (nSPS) is 11.0. The molecule has 4 heteroatoms. The molecule has 0 unspecified atom stereocenters. The highest BCUT2D eigenvalue weighted by Crippen LogP contribution is 2.23. The standard InChI is InChI=1S/C17H19N3O/c1-3-12-7-9-13(10-8-12)20(2)11-16-19-17-14(18)5-4-6-15(17)21-16/h4-10H,3,11,18H2,1-2H3. The van der Waals surface area contributed by atoms with Crippen LogP contribution in [0, 0.1) is 0 Å². The number of hydrogen-bond donors (Lipinski definition) is 1. The number of nitrogens with zero attached hydrogens (tertiary/aromatic N) is 2. The van der Waals surface area contributed by atoms with Gasteiger partial charge in [-0.15, -0.1) is 0 Å². The summed E-state index contributed by atoms with van der Waals surface area (Å²) in [5.41, 5.74) is 10.5. The first-order valence-corrected chi connectivity index (χ1v) is 7.11. The number of aromatic nitrogens is 1. The van der Waals surface area contributed by atoms with Crippen LogP contribution in [0.3, 0.4) is 0 Å². The lowest BCUT2D eigenvalue weighted by Gasteiger charge is -2.17. The first-order valence-electron chi connectivity index (χ1n) is 7.11. The molecule has 108 valence electrons. The molecule has 2 aromatic carbocycles. The van der Waals surface area contributed by atoms with E-state index in [-0.39, 0.29) is 0 Å². The van der Waals surface area contributed by atoms with Gasteiger partial charge in [0.15, 0.2) is 5.58 Å². The Morgan fingerprint density at radius 2 is 1.90 bits per heavy atom. The van der Waals surface area contributed by atoms with Crippen LogP contribution in [0.25, 0.3) is 11.1 Å². The van der Waals surface area contributed by atoms with Crippen LogP contribution >= 0.6 is 0 Å². The summed E-state index contributed by atoms with van der Waals surface area (Å²) in [5, 5.41) is 0. The largest absolute Gasteiger partial charge is 0.439 e. The number of fused-ring (bicyclic) bond motifs is 1. The van der Waals surface area contributed by atoms with Crippen molar-refractivity contribution < 1.29 is 4.42 Å². The van der Waals surface area contributed by atoms with Gasteiger partial charge in [-0.3, -0.25) is 0 Å². The van der Waals surface area contributed by atoms with E-state index in [4.69, 9.17) is 10.2 Å². The maximum absolute atomic E-state index is 5.91. The van der Waals surface area contributed by atoms with Gasteiger partial charge in [0.05, 0.1) is 12.2 Å². The molecule has 0 saturated heterocycles. The second-order valence-electron chi connectivity index (χ2n) is 5.18. The predicted molar refractivity (Wildman–Crippen MR) is 86.3 cm³/mol. The molecule has 3 rings (SSSR count). The summed E-state index contributed by atoms with van der Waals surface area (Å²) < 4.78 is 5.75. The van der Waals surface area contributed by atoms with Crippen LogP contribution < -0.4 is 10.6 Å². The molecule has 4 nitrogen and oxygen atoms in total. The van der Waals surface area contributed by atoms with E-state index in [0.29, 0.717) is 18.1 Å². The molecule has 0 radical (unpaired) electrons. The summed E-state index contributed by atoms with van der Waals surface area (Å²) in [5.74, 6) is 0.671. The van der Waals surface area contributed by atoms with Crippen LogP contribution in [-0.4, -0.2) is 12.0 Å². The highest BCUT2D eigenvalue weighted by molar-refractivity contribution is 5.85. The van der Waals surface area contributed by atoms with Crippen molar-refractivity contribution in [2.75, 3.05) is 17.7 Å². The summed E-state index contributed by atoms with van der Waals surface area (Å²) in [6, 6.07) is 14.1. The zero-order chi connectivity index (χ0) is 14.8. The molecule has 2 N–H and O–H groups in total. The molecule has 21 heavy (non-hydrogen) atoms. The lowest BCUT2D eigenvalue weighted by Crippen LogP contribution is -2.16. The molecule has 0 bridgehead atoms. The molecule has 1 heterocycles. The Balaban J connectivity index is 1.81. The smallest absolute Gasteiger partial charge is 0.215 e. The van der Waals surface area contributed by atoms with E-state index >= 15 is 0 Å². The van der Waals surface area contributed by atoms with Gasteiger partial charge < -0.3 is 15.1 Å². The number of hydrogen-bond acceptors (Lipinski definition) is 4. The van der Waals surface area contributed by atoms with E-state index in [1.807, 2.05) is 25.2 Å². The zero-order valence-corrected chi connectivity index (χ0v) is 12.3. The summed E-state index contributed by atoms with van der Waals surface area (Å²) in [7, 11) is 2.03. The van der Waals surface area contributed by atoms with Crippen LogP contribution in [0.1, 0.15) is 18.4 Å². The summed E-state index contributed by atoms with van der Waals surface area (Å²) in [6.07, 6.45) is 1.05. The number of benzene rings is 2. The Kier molecular flexibility index (Phi) is 3.52. The number of nitrogens with two attached hydrogens (primary N) is 1. The molecule has 0 aliphatic carbocycles. The third-order valence-corrected chi connectivity index (χ3v) is 3.65. The fourth-order valence-corrected chi connectivity index (χ4v) is 2.36.